The highest BCUT2D eigenvalue weighted by atomic mass is 32.2. The Hall–Kier alpha value is -1.91. The number of aryl methyl sites for hydroxylation is 1. The first-order chi connectivity index (χ1) is 12.3. The van der Waals surface area contributed by atoms with Gasteiger partial charge in [-0.15, -0.1) is 11.8 Å². The van der Waals surface area contributed by atoms with Gasteiger partial charge in [-0.25, -0.2) is 0 Å². The number of nitrogens with two attached hydrogens (primary N) is 1. The molecule has 1 aromatic heterocycles. The molecule has 0 spiro atoms. The number of unbranched alkanes of at least 4 members (excludes halogenated alkanes) is 1. The number of fused-ring (bicyclic) bond motifs is 1. The Balaban J connectivity index is 2.14. The minimum atomic E-state index is 0.681. The second-order valence-corrected chi connectivity index (χ2v) is 6.91. The third-order valence-corrected chi connectivity index (χ3v) is 5.24. The van der Waals surface area contributed by atoms with Gasteiger partial charge in [0.25, 0.3) is 0 Å². The number of nitrogens with one attached hydrogen (secondary N) is 1. The summed E-state index contributed by atoms with van der Waals surface area (Å²) < 4.78 is 5.72. The monoisotopic (exact) mass is 354 g/mol. The molecular weight excluding hydrogens is 328 g/mol. The van der Waals surface area contributed by atoms with E-state index in [9.17, 15) is 0 Å². The number of hydrogen-bond donors (Lipinski definition) is 2. The van der Waals surface area contributed by atoms with Gasteiger partial charge in [0.2, 0.25) is 0 Å². The topological polar surface area (TPSA) is 51.0 Å². The third-order valence-electron chi connectivity index (χ3n) is 4.45. The molecule has 3 nitrogen and oxygen atoms in total. The number of benzene rings is 2. The molecule has 0 aliphatic rings. The van der Waals surface area contributed by atoms with E-state index in [4.69, 9.17) is 10.5 Å². The molecule has 0 saturated heterocycles. The minimum Gasteiger partial charge on any atom is -0.494 e. The van der Waals surface area contributed by atoms with Crippen LogP contribution in [0.1, 0.15) is 25.3 Å². The molecule has 0 radical (unpaired) electrons. The van der Waals surface area contributed by atoms with Crippen LogP contribution in [0.5, 0.6) is 5.75 Å². The van der Waals surface area contributed by atoms with E-state index in [0.29, 0.717) is 6.61 Å². The first-order valence-corrected chi connectivity index (χ1v) is 10.1. The van der Waals surface area contributed by atoms with Gasteiger partial charge < -0.3 is 15.5 Å². The van der Waals surface area contributed by atoms with Gasteiger partial charge in [0.15, 0.2) is 0 Å². The average molecular weight is 355 g/mol. The first-order valence-electron chi connectivity index (χ1n) is 8.89. The molecule has 0 aliphatic heterocycles. The summed E-state index contributed by atoms with van der Waals surface area (Å²) in [6, 6.07) is 14.9. The summed E-state index contributed by atoms with van der Waals surface area (Å²) in [6.45, 7) is 3.44. The fourth-order valence-corrected chi connectivity index (χ4v) is 3.87. The molecule has 0 amide bonds. The van der Waals surface area contributed by atoms with Gasteiger partial charge in [0.05, 0.1) is 12.3 Å². The molecule has 4 heteroatoms. The zero-order chi connectivity index (χ0) is 17.6. The van der Waals surface area contributed by atoms with Crippen LogP contribution in [0.3, 0.4) is 0 Å². The van der Waals surface area contributed by atoms with Crippen LogP contribution in [-0.2, 0) is 6.42 Å². The van der Waals surface area contributed by atoms with Crippen LogP contribution in [0.2, 0.25) is 0 Å². The maximum Gasteiger partial charge on any atom is 0.120 e. The summed E-state index contributed by atoms with van der Waals surface area (Å²) in [5, 5.41) is 1.26. The highest BCUT2D eigenvalue weighted by molar-refractivity contribution is 7.98. The molecule has 0 unspecified atom stereocenters. The molecule has 0 saturated carbocycles. The summed E-state index contributed by atoms with van der Waals surface area (Å²) in [4.78, 5) is 4.94. The van der Waals surface area contributed by atoms with Gasteiger partial charge >= 0.3 is 0 Å². The van der Waals surface area contributed by atoms with Crippen molar-refractivity contribution in [1.29, 1.82) is 0 Å². The third kappa shape index (κ3) is 3.86. The number of aromatic nitrogens is 1. The van der Waals surface area contributed by atoms with Crippen LogP contribution in [0, 0.1) is 0 Å². The van der Waals surface area contributed by atoms with Crippen LogP contribution >= 0.6 is 11.8 Å². The molecule has 0 bridgehead atoms. The van der Waals surface area contributed by atoms with Crippen molar-refractivity contribution >= 4 is 22.7 Å². The molecule has 3 N–H and O–H groups in total. The van der Waals surface area contributed by atoms with E-state index in [-0.39, 0.29) is 0 Å². The molecule has 2 aromatic carbocycles. The van der Waals surface area contributed by atoms with E-state index in [0.717, 1.165) is 37.1 Å². The predicted octanol–water partition coefficient (Wildman–Crippen LogP) is 5.24. The lowest BCUT2D eigenvalue weighted by atomic mass is 10.00. The van der Waals surface area contributed by atoms with Crippen molar-refractivity contribution in [2.24, 2.45) is 5.73 Å². The van der Waals surface area contributed by atoms with E-state index in [1.165, 1.54) is 27.1 Å². The minimum absolute atomic E-state index is 0.681. The number of ether oxygens (including phenoxy) is 1. The number of hydrogen-bond acceptors (Lipinski definition) is 3. The van der Waals surface area contributed by atoms with Gasteiger partial charge in [-0.1, -0.05) is 18.2 Å². The molecule has 0 atom stereocenters. The van der Waals surface area contributed by atoms with Gasteiger partial charge in [-0.2, -0.15) is 0 Å². The Labute approximate surface area is 154 Å². The second kappa shape index (κ2) is 8.45. The Kier molecular flexibility index (Phi) is 6.05. The molecule has 132 valence electrons. The van der Waals surface area contributed by atoms with Gasteiger partial charge in [-0.3, -0.25) is 0 Å². The summed E-state index contributed by atoms with van der Waals surface area (Å²) in [6.07, 6.45) is 5.28. The van der Waals surface area contributed by atoms with E-state index in [2.05, 4.69) is 47.6 Å². The number of rotatable bonds is 8. The summed E-state index contributed by atoms with van der Waals surface area (Å²) >= 11 is 1.78. The first kappa shape index (κ1) is 17.9. The van der Waals surface area contributed by atoms with Gasteiger partial charge in [0, 0.05) is 21.4 Å². The number of H-pyrrole nitrogens is 1. The molecule has 1 heterocycles. The molecule has 3 rings (SSSR count). The zero-order valence-electron chi connectivity index (χ0n) is 15.0. The highest BCUT2D eigenvalue weighted by Crippen LogP contribution is 2.37. The summed E-state index contributed by atoms with van der Waals surface area (Å²) in [5.74, 6) is 0.929. The van der Waals surface area contributed by atoms with Crippen LogP contribution in [0.15, 0.2) is 47.4 Å². The maximum atomic E-state index is 5.72. The van der Waals surface area contributed by atoms with E-state index >= 15 is 0 Å². The quantitative estimate of drug-likeness (QED) is 0.430. The molecule has 0 aliphatic carbocycles. The summed E-state index contributed by atoms with van der Waals surface area (Å²) in [5.41, 5.74) is 10.7. The largest absolute Gasteiger partial charge is 0.494 e. The lowest BCUT2D eigenvalue weighted by Crippen LogP contribution is -1.99. The smallest absolute Gasteiger partial charge is 0.120 e. The number of aromatic amines is 1. The maximum absolute atomic E-state index is 5.72. The van der Waals surface area contributed by atoms with Crippen molar-refractivity contribution in [3.05, 3.63) is 48.0 Å². The number of thioether (sulfide) groups is 1. The van der Waals surface area contributed by atoms with E-state index < -0.39 is 0 Å². The van der Waals surface area contributed by atoms with E-state index in [1.807, 2.05) is 13.0 Å². The standard InChI is InChI=1S/C21H26N2OS/c1-3-24-15-11-12-19-18(14-15)16(8-6-7-13-22)21(23-19)17-9-4-5-10-20(17)25-2/h4-5,9-12,14,23H,3,6-8,13,22H2,1-2H3. The van der Waals surface area contributed by atoms with Crippen LogP contribution in [0.25, 0.3) is 22.2 Å². The molecule has 0 fully saturated rings. The summed E-state index contributed by atoms with van der Waals surface area (Å²) in [7, 11) is 0. The van der Waals surface area contributed by atoms with Gasteiger partial charge in [-0.05, 0) is 68.8 Å². The lowest BCUT2D eigenvalue weighted by Gasteiger charge is -2.09. The van der Waals surface area contributed by atoms with Crippen molar-refractivity contribution in [2.75, 3.05) is 19.4 Å². The fourth-order valence-electron chi connectivity index (χ4n) is 3.27. The van der Waals surface area contributed by atoms with Crippen molar-refractivity contribution in [3.63, 3.8) is 0 Å². The zero-order valence-corrected chi connectivity index (χ0v) is 15.8. The predicted molar refractivity (Wildman–Crippen MR) is 109 cm³/mol. The van der Waals surface area contributed by atoms with Crippen LogP contribution < -0.4 is 10.5 Å². The highest BCUT2D eigenvalue weighted by Gasteiger charge is 2.16. The lowest BCUT2D eigenvalue weighted by molar-refractivity contribution is 0.340. The van der Waals surface area contributed by atoms with Crippen LogP contribution in [0.4, 0.5) is 0 Å². The molecule has 3 aromatic rings. The second-order valence-electron chi connectivity index (χ2n) is 6.07. The Morgan fingerprint density at radius 1 is 1.12 bits per heavy atom. The SMILES string of the molecule is CCOc1ccc2[nH]c(-c3ccccc3SC)c(CCCCN)c2c1. The van der Waals surface area contributed by atoms with Crippen molar-refractivity contribution in [1.82, 2.24) is 4.98 Å². The average Bonchev–Trinajstić information content (AvgIpc) is 3.00. The van der Waals surface area contributed by atoms with Crippen molar-refractivity contribution in [2.45, 2.75) is 31.1 Å². The van der Waals surface area contributed by atoms with Crippen LogP contribution in [-0.4, -0.2) is 24.4 Å². The molecule has 25 heavy (non-hydrogen) atoms. The van der Waals surface area contributed by atoms with Crippen molar-refractivity contribution in [3.8, 4) is 17.0 Å². The van der Waals surface area contributed by atoms with Gasteiger partial charge in [0.1, 0.15) is 5.75 Å². The Morgan fingerprint density at radius 3 is 2.72 bits per heavy atom. The Bertz CT molecular complexity index is 841. The normalized spacial score (nSPS) is 11.2. The van der Waals surface area contributed by atoms with Crippen molar-refractivity contribution < 1.29 is 4.74 Å². The molecular formula is C21H26N2OS. The Morgan fingerprint density at radius 2 is 1.96 bits per heavy atom. The fraction of sp³-hybridized carbons (Fsp3) is 0.333. The van der Waals surface area contributed by atoms with E-state index in [1.54, 1.807) is 11.8 Å².